The van der Waals surface area contributed by atoms with Gasteiger partial charge in [0, 0.05) is 24.7 Å². The van der Waals surface area contributed by atoms with Crippen molar-refractivity contribution in [3.63, 3.8) is 0 Å². The van der Waals surface area contributed by atoms with Crippen LogP contribution in [0.3, 0.4) is 0 Å². The Morgan fingerprint density at radius 1 is 1.26 bits per heavy atom. The molecule has 1 N–H and O–H groups in total. The molecular formula is C15H22F2N2. The van der Waals surface area contributed by atoms with Crippen LogP contribution < -0.4 is 5.32 Å². The SMILES string of the molecule is CCN(CCC(NC)c1cc(F)cc(F)c1)C1CC1. The van der Waals surface area contributed by atoms with Gasteiger partial charge in [-0.2, -0.15) is 0 Å². The third-order valence-corrected chi connectivity index (χ3v) is 3.81. The second-order valence-corrected chi connectivity index (χ2v) is 5.19. The van der Waals surface area contributed by atoms with Crippen molar-refractivity contribution in [3.8, 4) is 0 Å². The first kappa shape index (κ1) is 14.4. The summed E-state index contributed by atoms with van der Waals surface area (Å²) in [5.74, 6) is -1.02. The van der Waals surface area contributed by atoms with Crippen LogP contribution in [0, 0.1) is 11.6 Å². The van der Waals surface area contributed by atoms with E-state index in [1.54, 1.807) is 0 Å². The van der Waals surface area contributed by atoms with Crippen LogP contribution in [-0.2, 0) is 0 Å². The van der Waals surface area contributed by atoms with E-state index in [9.17, 15) is 8.78 Å². The molecule has 0 bridgehead atoms. The zero-order valence-corrected chi connectivity index (χ0v) is 11.6. The average Bonchev–Trinajstić information content (AvgIpc) is 3.18. The minimum Gasteiger partial charge on any atom is -0.313 e. The minimum absolute atomic E-state index is 0.00185. The summed E-state index contributed by atoms with van der Waals surface area (Å²) in [5.41, 5.74) is 0.687. The molecule has 4 heteroatoms. The van der Waals surface area contributed by atoms with Crippen LogP contribution in [-0.4, -0.2) is 31.1 Å². The van der Waals surface area contributed by atoms with Crippen molar-refractivity contribution in [1.29, 1.82) is 0 Å². The van der Waals surface area contributed by atoms with E-state index in [0.29, 0.717) is 5.56 Å². The Hall–Kier alpha value is -1.00. The summed E-state index contributed by atoms with van der Waals surface area (Å²) in [6.45, 7) is 4.16. The molecule has 0 amide bonds. The van der Waals surface area contributed by atoms with Gasteiger partial charge in [0.05, 0.1) is 0 Å². The number of hydrogen-bond donors (Lipinski definition) is 1. The summed E-state index contributed by atoms with van der Waals surface area (Å²) in [6, 6.07) is 4.47. The Kier molecular flexibility index (Phi) is 4.88. The number of halogens is 2. The first-order chi connectivity index (χ1) is 9.13. The van der Waals surface area contributed by atoms with Crippen LogP contribution in [0.4, 0.5) is 8.78 Å². The predicted molar refractivity (Wildman–Crippen MR) is 73.0 cm³/mol. The highest BCUT2D eigenvalue weighted by Gasteiger charge is 2.27. The van der Waals surface area contributed by atoms with E-state index in [-0.39, 0.29) is 6.04 Å². The van der Waals surface area contributed by atoms with E-state index >= 15 is 0 Å². The molecule has 0 heterocycles. The Balaban J connectivity index is 1.98. The third kappa shape index (κ3) is 3.98. The van der Waals surface area contributed by atoms with E-state index in [0.717, 1.165) is 31.6 Å². The lowest BCUT2D eigenvalue weighted by atomic mass is 10.0. The molecule has 0 aliphatic heterocycles. The molecule has 1 fully saturated rings. The second-order valence-electron chi connectivity index (χ2n) is 5.19. The first-order valence-electron chi connectivity index (χ1n) is 7.01. The van der Waals surface area contributed by atoms with E-state index in [1.807, 2.05) is 7.05 Å². The third-order valence-electron chi connectivity index (χ3n) is 3.81. The standard InChI is InChI=1S/C15H22F2N2/c1-3-19(14-4-5-14)7-6-15(18-2)11-8-12(16)10-13(17)9-11/h8-10,14-15,18H,3-7H2,1-2H3. The summed E-state index contributed by atoms with van der Waals surface area (Å²) >= 11 is 0. The van der Waals surface area contributed by atoms with Crippen molar-refractivity contribution in [3.05, 3.63) is 35.4 Å². The Morgan fingerprint density at radius 2 is 1.89 bits per heavy atom. The lowest BCUT2D eigenvalue weighted by molar-refractivity contribution is 0.261. The van der Waals surface area contributed by atoms with Crippen LogP contribution >= 0.6 is 0 Å². The molecule has 1 atom stereocenters. The molecule has 2 nitrogen and oxygen atoms in total. The monoisotopic (exact) mass is 268 g/mol. The van der Waals surface area contributed by atoms with Gasteiger partial charge in [-0.05, 0) is 50.6 Å². The highest BCUT2D eigenvalue weighted by molar-refractivity contribution is 5.21. The summed E-state index contributed by atoms with van der Waals surface area (Å²) in [7, 11) is 1.83. The number of nitrogens with zero attached hydrogens (tertiary/aromatic N) is 1. The van der Waals surface area contributed by atoms with Crippen LogP contribution in [0.25, 0.3) is 0 Å². The average molecular weight is 268 g/mol. The Morgan fingerprint density at radius 3 is 2.37 bits per heavy atom. The van der Waals surface area contributed by atoms with Gasteiger partial charge in [0.2, 0.25) is 0 Å². The van der Waals surface area contributed by atoms with Gasteiger partial charge in [-0.1, -0.05) is 6.92 Å². The number of benzene rings is 1. The van der Waals surface area contributed by atoms with E-state index in [4.69, 9.17) is 0 Å². The van der Waals surface area contributed by atoms with Gasteiger partial charge in [0.1, 0.15) is 11.6 Å². The molecule has 106 valence electrons. The van der Waals surface area contributed by atoms with Gasteiger partial charge in [-0.25, -0.2) is 8.78 Å². The minimum atomic E-state index is -0.509. The van der Waals surface area contributed by atoms with Crippen LogP contribution in [0.15, 0.2) is 18.2 Å². The molecule has 1 aromatic rings. The highest BCUT2D eigenvalue weighted by Crippen LogP contribution is 2.28. The van der Waals surface area contributed by atoms with Gasteiger partial charge >= 0.3 is 0 Å². The maximum Gasteiger partial charge on any atom is 0.126 e. The van der Waals surface area contributed by atoms with Crippen molar-refractivity contribution in [2.24, 2.45) is 0 Å². The fraction of sp³-hybridized carbons (Fsp3) is 0.600. The van der Waals surface area contributed by atoms with Crippen molar-refractivity contribution < 1.29 is 8.78 Å². The largest absolute Gasteiger partial charge is 0.313 e. The van der Waals surface area contributed by atoms with Crippen molar-refractivity contribution in [2.75, 3.05) is 20.1 Å². The maximum atomic E-state index is 13.2. The van der Waals surface area contributed by atoms with Crippen molar-refractivity contribution in [1.82, 2.24) is 10.2 Å². The van der Waals surface area contributed by atoms with Crippen LogP contribution in [0.2, 0.25) is 0 Å². The summed E-state index contributed by atoms with van der Waals surface area (Å²) in [4.78, 5) is 2.44. The zero-order chi connectivity index (χ0) is 13.8. The Labute approximate surface area is 113 Å². The smallest absolute Gasteiger partial charge is 0.126 e. The molecule has 1 aliphatic rings. The van der Waals surface area contributed by atoms with Gasteiger partial charge in [0.15, 0.2) is 0 Å². The first-order valence-corrected chi connectivity index (χ1v) is 7.01. The molecule has 0 saturated heterocycles. The molecule has 0 spiro atoms. The van der Waals surface area contributed by atoms with Crippen LogP contribution in [0.1, 0.15) is 37.8 Å². The fourth-order valence-corrected chi connectivity index (χ4v) is 2.59. The van der Waals surface area contributed by atoms with Crippen molar-refractivity contribution in [2.45, 2.75) is 38.3 Å². The van der Waals surface area contributed by atoms with Gasteiger partial charge < -0.3 is 10.2 Å². The number of rotatable bonds is 7. The topological polar surface area (TPSA) is 15.3 Å². The highest BCUT2D eigenvalue weighted by atomic mass is 19.1. The molecule has 0 aromatic heterocycles. The Bertz CT molecular complexity index is 398. The molecule has 1 saturated carbocycles. The molecule has 0 radical (unpaired) electrons. The second kappa shape index (κ2) is 6.44. The van der Waals surface area contributed by atoms with Gasteiger partial charge in [-0.3, -0.25) is 0 Å². The molecule has 1 aliphatic carbocycles. The number of nitrogens with one attached hydrogen (secondary N) is 1. The van der Waals surface area contributed by atoms with E-state index < -0.39 is 11.6 Å². The lowest BCUT2D eigenvalue weighted by Gasteiger charge is -2.24. The molecule has 1 unspecified atom stereocenters. The maximum absolute atomic E-state index is 13.2. The van der Waals surface area contributed by atoms with Gasteiger partial charge in [0.25, 0.3) is 0 Å². The molecule has 19 heavy (non-hydrogen) atoms. The van der Waals surface area contributed by atoms with Crippen molar-refractivity contribution >= 4 is 0 Å². The number of hydrogen-bond acceptors (Lipinski definition) is 2. The summed E-state index contributed by atoms with van der Waals surface area (Å²) < 4.78 is 26.5. The van der Waals surface area contributed by atoms with Crippen LogP contribution in [0.5, 0.6) is 0 Å². The summed E-state index contributed by atoms with van der Waals surface area (Å²) in [6.07, 6.45) is 3.43. The zero-order valence-electron chi connectivity index (χ0n) is 11.6. The predicted octanol–water partition coefficient (Wildman–Crippen LogP) is 3.10. The fourth-order valence-electron chi connectivity index (χ4n) is 2.59. The van der Waals surface area contributed by atoms with E-state index in [1.165, 1.54) is 25.0 Å². The molecular weight excluding hydrogens is 246 g/mol. The molecule has 2 rings (SSSR count). The van der Waals surface area contributed by atoms with Gasteiger partial charge in [-0.15, -0.1) is 0 Å². The lowest BCUT2D eigenvalue weighted by Crippen LogP contribution is -2.30. The quantitative estimate of drug-likeness (QED) is 0.817. The molecule has 1 aromatic carbocycles. The normalized spacial score (nSPS) is 16.9. The van der Waals surface area contributed by atoms with E-state index in [2.05, 4.69) is 17.1 Å². The summed E-state index contributed by atoms with van der Waals surface area (Å²) in [5, 5.41) is 3.15.